The van der Waals surface area contributed by atoms with Crippen LogP contribution in [0.2, 0.25) is 0 Å². The Labute approximate surface area is 101 Å². The number of hydrogen-bond acceptors (Lipinski definition) is 1. The van der Waals surface area contributed by atoms with Crippen molar-refractivity contribution in [3.63, 3.8) is 0 Å². The molecule has 1 aromatic rings. The Balaban J connectivity index is 2.05. The summed E-state index contributed by atoms with van der Waals surface area (Å²) in [5.74, 6) is -1.59. The van der Waals surface area contributed by atoms with E-state index in [4.69, 9.17) is 0 Å². The normalized spacial score (nSPS) is 17.0. The molecule has 1 N–H and O–H groups in total. The van der Waals surface area contributed by atoms with Gasteiger partial charge in [-0.1, -0.05) is 36.9 Å². The molecule has 1 saturated carbocycles. The van der Waals surface area contributed by atoms with Crippen molar-refractivity contribution in [3.05, 3.63) is 48.3 Å². The summed E-state index contributed by atoms with van der Waals surface area (Å²) in [5.41, 5.74) is 0.893. The molecule has 90 valence electrons. The SMILES string of the molecule is C=C(F)C(=O)NC1(Cc2ccccc2)CCC1. The van der Waals surface area contributed by atoms with E-state index in [2.05, 4.69) is 11.9 Å². The Kier molecular flexibility index (Phi) is 3.27. The van der Waals surface area contributed by atoms with Gasteiger partial charge in [-0.05, 0) is 31.2 Å². The molecule has 0 aliphatic heterocycles. The van der Waals surface area contributed by atoms with Gasteiger partial charge in [-0.2, -0.15) is 0 Å². The molecule has 0 spiro atoms. The average Bonchev–Trinajstić information content (AvgIpc) is 2.27. The van der Waals surface area contributed by atoms with E-state index >= 15 is 0 Å². The lowest BCUT2D eigenvalue weighted by molar-refractivity contribution is -0.121. The fraction of sp³-hybridized carbons (Fsp3) is 0.357. The monoisotopic (exact) mass is 233 g/mol. The minimum absolute atomic E-state index is 0.270. The molecular formula is C14H16FNO. The van der Waals surface area contributed by atoms with Crippen molar-refractivity contribution in [1.82, 2.24) is 5.32 Å². The molecule has 2 nitrogen and oxygen atoms in total. The average molecular weight is 233 g/mol. The van der Waals surface area contributed by atoms with Crippen molar-refractivity contribution in [3.8, 4) is 0 Å². The molecular weight excluding hydrogens is 217 g/mol. The highest BCUT2D eigenvalue weighted by Gasteiger charge is 2.38. The van der Waals surface area contributed by atoms with Gasteiger partial charge in [0.1, 0.15) is 0 Å². The van der Waals surface area contributed by atoms with Gasteiger partial charge in [0, 0.05) is 5.54 Å². The fourth-order valence-electron chi connectivity index (χ4n) is 2.24. The van der Waals surface area contributed by atoms with Gasteiger partial charge >= 0.3 is 0 Å². The predicted molar refractivity (Wildman–Crippen MR) is 65.1 cm³/mol. The maximum absolute atomic E-state index is 12.7. The van der Waals surface area contributed by atoms with Crippen LogP contribution in [0.15, 0.2) is 42.7 Å². The van der Waals surface area contributed by atoms with Crippen LogP contribution in [-0.2, 0) is 11.2 Å². The van der Waals surface area contributed by atoms with Crippen LogP contribution in [0.5, 0.6) is 0 Å². The zero-order chi connectivity index (χ0) is 12.3. The highest BCUT2D eigenvalue weighted by molar-refractivity contribution is 5.91. The van der Waals surface area contributed by atoms with Crippen LogP contribution in [0.25, 0.3) is 0 Å². The molecule has 0 atom stereocenters. The molecule has 0 bridgehead atoms. The van der Waals surface area contributed by atoms with Crippen molar-refractivity contribution in [2.24, 2.45) is 0 Å². The quantitative estimate of drug-likeness (QED) is 0.796. The number of amides is 1. The maximum Gasteiger partial charge on any atom is 0.279 e. The molecule has 3 heteroatoms. The van der Waals surface area contributed by atoms with E-state index in [9.17, 15) is 9.18 Å². The van der Waals surface area contributed by atoms with Gasteiger partial charge in [0.15, 0.2) is 5.83 Å². The molecule has 2 rings (SSSR count). The Bertz CT molecular complexity index is 423. The summed E-state index contributed by atoms with van der Waals surface area (Å²) in [4.78, 5) is 11.4. The third-order valence-electron chi connectivity index (χ3n) is 3.32. The molecule has 17 heavy (non-hydrogen) atoms. The summed E-state index contributed by atoms with van der Waals surface area (Å²) in [6, 6.07) is 9.95. The largest absolute Gasteiger partial charge is 0.344 e. The van der Waals surface area contributed by atoms with Gasteiger partial charge < -0.3 is 5.32 Å². The topological polar surface area (TPSA) is 29.1 Å². The molecule has 1 amide bonds. The second-order valence-corrected chi connectivity index (χ2v) is 4.66. The molecule has 0 heterocycles. The second kappa shape index (κ2) is 4.70. The fourth-order valence-corrected chi connectivity index (χ4v) is 2.24. The summed E-state index contributed by atoms with van der Waals surface area (Å²) < 4.78 is 12.7. The first-order valence-corrected chi connectivity index (χ1v) is 5.82. The summed E-state index contributed by atoms with van der Waals surface area (Å²) in [5, 5.41) is 2.76. The van der Waals surface area contributed by atoms with Crippen molar-refractivity contribution >= 4 is 5.91 Å². The molecule has 0 saturated heterocycles. The molecule has 0 aromatic heterocycles. The van der Waals surface area contributed by atoms with Gasteiger partial charge in [0.2, 0.25) is 0 Å². The Morgan fingerprint density at radius 1 is 1.35 bits per heavy atom. The first-order valence-electron chi connectivity index (χ1n) is 5.82. The van der Waals surface area contributed by atoms with Crippen molar-refractivity contribution in [2.45, 2.75) is 31.2 Å². The van der Waals surface area contributed by atoms with Crippen molar-refractivity contribution in [2.75, 3.05) is 0 Å². The number of rotatable bonds is 4. The van der Waals surface area contributed by atoms with Crippen LogP contribution in [-0.4, -0.2) is 11.4 Å². The zero-order valence-electron chi connectivity index (χ0n) is 9.71. The Morgan fingerprint density at radius 3 is 2.47 bits per heavy atom. The van der Waals surface area contributed by atoms with Crippen molar-refractivity contribution < 1.29 is 9.18 Å². The lowest BCUT2D eigenvalue weighted by Crippen LogP contribution is -2.55. The first kappa shape index (κ1) is 11.8. The van der Waals surface area contributed by atoms with E-state index in [1.807, 2.05) is 30.3 Å². The minimum atomic E-state index is -0.913. The standard InChI is InChI=1S/C14H16FNO/c1-11(15)13(17)16-14(8-5-9-14)10-12-6-3-2-4-7-12/h2-4,6-7H,1,5,8-10H2,(H,16,17). The molecule has 1 fully saturated rings. The molecule has 0 unspecified atom stereocenters. The number of carbonyl (C=O) groups excluding carboxylic acids is 1. The van der Waals surface area contributed by atoms with E-state index in [1.54, 1.807) is 0 Å². The number of halogens is 1. The zero-order valence-corrected chi connectivity index (χ0v) is 9.71. The summed E-state index contributed by atoms with van der Waals surface area (Å²) >= 11 is 0. The molecule has 1 aromatic carbocycles. The highest BCUT2D eigenvalue weighted by atomic mass is 19.1. The lowest BCUT2D eigenvalue weighted by Gasteiger charge is -2.42. The van der Waals surface area contributed by atoms with Crippen LogP contribution in [0.3, 0.4) is 0 Å². The van der Waals surface area contributed by atoms with E-state index in [-0.39, 0.29) is 5.54 Å². The maximum atomic E-state index is 12.7. The van der Waals surface area contributed by atoms with Crippen LogP contribution in [0.4, 0.5) is 4.39 Å². The summed E-state index contributed by atoms with van der Waals surface area (Å²) in [7, 11) is 0. The third-order valence-corrected chi connectivity index (χ3v) is 3.32. The van der Waals surface area contributed by atoms with Crippen LogP contribution < -0.4 is 5.32 Å². The Morgan fingerprint density at radius 2 is 2.00 bits per heavy atom. The first-order chi connectivity index (χ1) is 8.11. The number of benzene rings is 1. The van der Waals surface area contributed by atoms with Gasteiger partial charge in [-0.15, -0.1) is 0 Å². The predicted octanol–water partition coefficient (Wildman–Crippen LogP) is 2.75. The minimum Gasteiger partial charge on any atom is -0.344 e. The highest BCUT2D eigenvalue weighted by Crippen LogP contribution is 2.35. The van der Waals surface area contributed by atoms with Gasteiger partial charge in [-0.25, -0.2) is 4.39 Å². The lowest BCUT2D eigenvalue weighted by atomic mass is 9.72. The van der Waals surface area contributed by atoms with Crippen LogP contribution >= 0.6 is 0 Å². The summed E-state index contributed by atoms with van der Waals surface area (Å²) in [6.45, 7) is 3.03. The van der Waals surface area contributed by atoms with Crippen LogP contribution in [0, 0.1) is 0 Å². The van der Waals surface area contributed by atoms with E-state index in [0.717, 1.165) is 31.2 Å². The van der Waals surface area contributed by atoms with E-state index in [0.29, 0.717) is 0 Å². The second-order valence-electron chi connectivity index (χ2n) is 4.66. The van der Waals surface area contributed by atoms with E-state index in [1.165, 1.54) is 0 Å². The van der Waals surface area contributed by atoms with Gasteiger partial charge in [-0.3, -0.25) is 4.79 Å². The van der Waals surface area contributed by atoms with Crippen LogP contribution in [0.1, 0.15) is 24.8 Å². The van der Waals surface area contributed by atoms with Crippen molar-refractivity contribution in [1.29, 1.82) is 0 Å². The Hall–Kier alpha value is -1.64. The molecule has 1 aliphatic rings. The van der Waals surface area contributed by atoms with Gasteiger partial charge in [0.05, 0.1) is 0 Å². The number of nitrogens with one attached hydrogen (secondary N) is 1. The summed E-state index contributed by atoms with van der Waals surface area (Å²) in [6.07, 6.45) is 3.64. The molecule has 1 aliphatic carbocycles. The van der Waals surface area contributed by atoms with E-state index < -0.39 is 11.7 Å². The molecule has 0 radical (unpaired) electrons. The van der Waals surface area contributed by atoms with Gasteiger partial charge in [0.25, 0.3) is 5.91 Å². The third kappa shape index (κ3) is 2.73. The number of hydrogen-bond donors (Lipinski definition) is 1. The smallest absolute Gasteiger partial charge is 0.279 e. The number of carbonyl (C=O) groups is 1.